The van der Waals surface area contributed by atoms with Crippen LogP contribution in [0.15, 0.2) is 4.52 Å². The number of nitrogens with two attached hydrogens (primary N) is 1. The van der Waals surface area contributed by atoms with Crippen molar-refractivity contribution < 1.29 is 14.0 Å². The molecule has 1 saturated heterocycles. The van der Waals surface area contributed by atoms with Crippen LogP contribution >= 0.6 is 0 Å². The molecule has 0 bridgehead atoms. The van der Waals surface area contributed by atoms with Gasteiger partial charge in [0.05, 0.1) is 0 Å². The second-order valence-electron chi connectivity index (χ2n) is 5.10. The maximum Gasteiger partial charge on any atom is 0.229 e. The molecule has 1 atom stereocenters. The Bertz CT molecular complexity index is 388. The molecular formula is C13H23N3O3. The van der Waals surface area contributed by atoms with Crippen molar-refractivity contribution in [3.8, 4) is 0 Å². The van der Waals surface area contributed by atoms with Crippen LogP contribution in [0.25, 0.3) is 0 Å². The summed E-state index contributed by atoms with van der Waals surface area (Å²) in [6.45, 7) is 4.10. The van der Waals surface area contributed by atoms with E-state index in [1.807, 2.05) is 0 Å². The topological polar surface area (TPSA) is 83.4 Å². The van der Waals surface area contributed by atoms with E-state index >= 15 is 0 Å². The van der Waals surface area contributed by atoms with Crippen molar-refractivity contribution >= 4 is 0 Å². The number of hydrogen-bond donors (Lipinski definition) is 1. The highest BCUT2D eigenvalue weighted by Crippen LogP contribution is 2.34. The lowest BCUT2D eigenvalue weighted by molar-refractivity contribution is -0.101. The molecule has 0 radical (unpaired) electrons. The number of aromatic nitrogens is 2. The third kappa shape index (κ3) is 3.13. The zero-order valence-corrected chi connectivity index (χ0v) is 11.7. The van der Waals surface area contributed by atoms with E-state index in [1.54, 1.807) is 7.11 Å². The van der Waals surface area contributed by atoms with Crippen molar-refractivity contribution in [3.05, 3.63) is 11.7 Å². The second-order valence-corrected chi connectivity index (χ2v) is 5.10. The van der Waals surface area contributed by atoms with Gasteiger partial charge < -0.3 is 19.7 Å². The molecule has 1 aromatic heterocycles. The summed E-state index contributed by atoms with van der Waals surface area (Å²) in [6, 6.07) is 0. The van der Waals surface area contributed by atoms with E-state index in [9.17, 15) is 0 Å². The Morgan fingerprint density at radius 2 is 2.16 bits per heavy atom. The van der Waals surface area contributed by atoms with Crippen LogP contribution in [-0.4, -0.2) is 37.0 Å². The highest BCUT2D eigenvalue weighted by molar-refractivity contribution is 5.04. The van der Waals surface area contributed by atoms with Gasteiger partial charge in [0, 0.05) is 39.1 Å². The van der Waals surface area contributed by atoms with E-state index in [2.05, 4.69) is 17.1 Å². The van der Waals surface area contributed by atoms with Crippen LogP contribution in [0.4, 0.5) is 0 Å². The predicted molar refractivity (Wildman–Crippen MR) is 69.7 cm³/mol. The van der Waals surface area contributed by atoms with Crippen molar-refractivity contribution in [2.45, 2.75) is 44.1 Å². The lowest BCUT2D eigenvalue weighted by Gasteiger charge is -2.32. The predicted octanol–water partition coefficient (Wildman–Crippen LogP) is 1.56. The number of methoxy groups -OCH3 is 1. The van der Waals surface area contributed by atoms with Gasteiger partial charge in [-0.3, -0.25) is 0 Å². The number of nitrogens with zero attached hydrogens (tertiary/aromatic N) is 2. The Labute approximate surface area is 113 Å². The van der Waals surface area contributed by atoms with Crippen molar-refractivity contribution in [1.82, 2.24) is 10.1 Å². The van der Waals surface area contributed by atoms with Gasteiger partial charge in [-0.15, -0.1) is 0 Å². The smallest absolute Gasteiger partial charge is 0.229 e. The van der Waals surface area contributed by atoms with Crippen molar-refractivity contribution in [3.63, 3.8) is 0 Å². The molecule has 6 heteroatoms. The lowest BCUT2D eigenvalue weighted by atomic mass is 9.93. The average Bonchev–Trinajstić information content (AvgIpc) is 2.96. The molecule has 0 aromatic carbocycles. The summed E-state index contributed by atoms with van der Waals surface area (Å²) >= 11 is 0. The molecule has 2 N–H and O–H groups in total. The van der Waals surface area contributed by atoms with Crippen molar-refractivity contribution in [2.75, 3.05) is 26.9 Å². The highest BCUT2D eigenvalue weighted by Gasteiger charge is 2.39. The number of rotatable bonds is 6. The van der Waals surface area contributed by atoms with Crippen LogP contribution in [0.3, 0.4) is 0 Å². The summed E-state index contributed by atoms with van der Waals surface area (Å²) in [5.41, 5.74) is 5.07. The van der Waals surface area contributed by atoms with Crippen LogP contribution < -0.4 is 5.73 Å². The molecule has 2 heterocycles. The summed E-state index contributed by atoms with van der Waals surface area (Å²) in [5, 5.41) is 4.11. The minimum Gasteiger partial charge on any atom is -0.381 e. The molecule has 108 valence electrons. The lowest BCUT2D eigenvalue weighted by Crippen LogP contribution is -2.36. The van der Waals surface area contributed by atoms with Crippen molar-refractivity contribution in [1.29, 1.82) is 0 Å². The molecule has 1 aliphatic rings. The van der Waals surface area contributed by atoms with Crippen LogP contribution in [0.1, 0.15) is 50.2 Å². The van der Waals surface area contributed by atoms with Crippen LogP contribution in [0, 0.1) is 0 Å². The van der Waals surface area contributed by atoms with Crippen LogP contribution in [0.2, 0.25) is 0 Å². The molecule has 1 fully saturated rings. The maximum atomic E-state index is 5.65. The highest BCUT2D eigenvalue weighted by atomic mass is 16.5. The van der Waals surface area contributed by atoms with Crippen LogP contribution in [0.5, 0.6) is 0 Å². The second kappa shape index (κ2) is 6.45. The molecular weight excluding hydrogens is 246 g/mol. The van der Waals surface area contributed by atoms with Gasteiger partial charge in [0.15, 0.2) is 0 Å². The molecule has 6 nitrogen and oxygen atoms in total. The monoisotopic (exact) mass is 269 g/mol. The maximum absolute atomic E-state index is 5.65. The van der Waals surface area contributed by atoms with E-state index in [0.717, 1.165) is 25.7 Å². The quantitative estimate of drug-likeness (QED) is 0.843. The summed E-state index contributed by atoms with van der Waals surface area (Å²) in [4.78, 5) is 4.53. The number of ether oxygens (including phenoxy) is 2. The Hall–Kier alpha value is -0.980. The Balaban J connectivity index is 2.10. The van der Waals surface area contributed by atoms with Crippen molar-refractivity contribution in [2.24, 2.45) is 5.73 Å². The first-order valence-corrected chi connectivity index (χ1v) is 6.89. The van der Waals surface area contributed by atoms with E-state index in [1.165, 1.54) is 0 Å². The summed E-state index contributed by atoms with van der Waals surface area (Å²) in [5.74, 6) is 1.55. The van der Waals surface area contributed by atoms with E-state index < -0.39 is 5.60 Å². The molecule has 1 unspecified atom stereocenters. The Morgan fingerprint density at radius 3 is 2.79 bits per heavy atom. The summed E-state index contributed by atoms with van der Waals surface area (Å²) < 4.78 is 16.4. The van der Waals surface area contributed by atoms with Gasteiger partial charge in [-0.25, -0.2) is 0 Å². The molecule has 0 spiro atoms. The minimum atomic E-state index is -0.451. The van der Waals surface area contributed by atoms with E-state index in [4.69, 9.17) is 19.7 Å². The normalized spacial score (nSPS) is 20.4. The zero-order valence-electron chi connectivity index (χ0n) is 11.7. The minimum absolute atomic E-state index is 0.235. The third-order valence-corrected chi connectivity index (χ3v) is 3.80. The van der Waals surface area contributed by atoms with Gasteiger partial charge in [0.2, 0.25) is 11.7 Å². The van der Waals surface area contributed by atoms with Gasteiger partial charge in [0.1, 0.15) is 5.60 Å². The Kier molecular flexibility index (Phi) is 4.90. The van der Waals surface area contributed by atoms with Gasteiger partial charge in [-0.05, 0) is 19.4 Å². The molecule has 19 heavy (non-hydrogen) atoms. The fourth-order valence-electron chi connectivity index (χ4n) is 2.39. The average molecular weight is 269 g/mol. The van der Waals surface area contributed by atoms with Gasteiger partial charge in [-0.2, -0.15) is 4.98 Å². The first kappa shape index (κ1) is 14.4. The van der Waals surface area contributed by atoms with Gasteiger partial charge >= 0.3 is 0 Å². The first-order chi connectivity index (χ1) is 9.22. The largest absolute Gasteiger partial charge is 0.381 e. The standard InChI is InChI=1S/C13H23N3O3/c1-10(4-3-7-14)11-15-12(16-19-11)13(17-2)5-8-18-9-6-13/h10H,3-9,14H2,1-2H3. The van der Waals surface area contributed by atoms with Gasteiger partial charge in [-0.1, -0.05) is 12.1 Å². The summed E-state index contributed by atoms with van der Waals surface area (Å²) in [6.07, 6.45) is 3.45. The third-order valence-electron chi connectivity index (χ3n) is 3.80. The number of hydrogen-bond acceptors (Lipinski definition) is 6. The molecule has 1 aromatic rings. The van der Waals surface area contributed by atoms with E-state index in [0.29, 0.717) is 31.5 Å². The Morgan fingerprint density at radius 1 is 1.42 bits per heavy atom. The van der Waals surface area contributed by atoms with Crippen LogP contribution in [-0.2, 0) is 15.1 Å². The summed E-state index contributed by atoms with van der Waals surface area (Å²) in [7, 11) is 1.69. The molecule has 0 aliphatic carbocycles. The first-order valence-electron chi connectivity index (χ1n) is 6.89. The molecule has 0 saturated carbocycles. The fourth-order valence-corrected chi connectivity index (χ4v) is 2.39. The molecule has 2 rings (SSSR count). The zero-order chi connectivity index (χ0) is 13.7. The van der Waals surface area contributed by atoms with E-state index in [-0.39, 0.29) is 5.92 Å². The van der Waals surface area contributed by atoms with Gasteiger partial charge in [0.25, 0.3) is 0 Å². The molecule has 0 amide bonds. The fraction of sp³-hybridized carbons (Fsp3) is 0.846. The molecule has 1 aliphatic heterocycles. The SMILES string of the molecule is COC1(c2noc(C(C)CCCN)n2)CCOCC1.